The number of thiazole rings is 1. The van der Waals surface area contributed by atoms with Crippen LogP contribution in [0.2, 0.25) is 0 Å². The number of ether oxygens (including phenoxy) is 1. The number of aromatic nitrogens is 1. The zero-order chi connectivity index (χ0) is 19.1. The molecule has 0 unspecified atom stereocenters. The smallest absolute Gasteiger partial charge is 0.326 e. The molecular formula is C19H24N2O4S. The number of aryl methyl sites for hydroxylation is 1. The molecule has 2 N–H and O–H groups in total. The van der Waals surface area contributed by atoms with E-state index < -0.39 is 12.0 Å². The van der Waals surface area contributed by atoms with Gasteiger partial charge < -0.3 is 15.2 Å². The Kier molecular flexibility index (Phi) is 7.15. The number of carbonyl (C=O) groups is 2. The van der Waals surface area contributed by atoms with Crippen LogP contribution >= 0.6 is 11.3 Å². The van der Waals surface area contributed by atoms with Crippen LogP contribution in [0.3, 0.4) is 0 Å². The van der Waals surface area contributed by atoms with Crippen LogP contribution in [0.5, 0.6) is 5.75 Å². The number of aliphatic carboxylic acids is 1. The number of amides is 1. The molecule has 1 heterocycles. The molecular weight excluding hydrogens is 352 g/mol. The number of hydrogen-bond acceptors (Lipinski definition) is 5. The first-order valence-corrected chi connectivity index (χ1v) is 9.36. The lowest BCUT2D eigenvalue weighted by molar-refractivity contribution is -0.142. The predicted octanol–water partition coefficient (Wildman–Crippen LogP) is 3.19. The van der Waals surface area contributed by atoms with Crippen LogP contribution in [-0.2, 0) is 22.6 Å². The standard InChI is InChI=1S/C19H24N2O4S/c1-12(2)8-16(19(23)24)21-17(22)9-14-11-26-18(20-14)10-25-15-6-4-13(3)5-7-15/h4-7,11-12,16H,8-10H2,1-3H3,(H,21,22)(H,23,24)/t16-/m0/s1. The first-order chi connectivity index (χ1) is 12.3. The number of benzene rings is 1. The maximum Gasteiger partial charge on any atom is 0.326 e. The normalized spacial score (nSPS) is 12.0. The van der Waals surface area contributed by atoms with Crippen LogP contribution in [0.1, 0.15) is 36.5 Å². The van der Waals surface area contributed by atoms with Crippen molar-refractivity contribution in [2.45, 2.75) is 46.3 Å². The number of carbonyl (C=O) groups excluding carboxylic acids is 1. The minimum absolute atomic E-state index is 0.0584. The second-order valence-electron chi connectivity index (χ2n) is 6.60. The first kappa shape index (κ1) is 19.9. The average molecular weight is 376 g/mol. The maximum atomic E-state index is 12.1. The van der Waals surface area contributed by atoms with Gasteiger partial charge in [0.2, 0.25) is 5.91 Å². The number of carboxylic acid groups (broad SMARTS) is 1. The van der Waals surface area contributed by atoms with E-state index in [1.807, 2.05) is 45.0 Å². The summed E-state index contributed by atoms with van der Waals surface area (Å²) in [6, 6.07) is 6.88. The number of hydrogen-bond donors (Lipinski definition) is 2. The molecule has 1 atom stereocenters. The van der Waals surface area contributed by atoms with E-state index in [0.717, 1.165) is 16.3 Å². The number of rotatable bonds is 9. The molecule has 0 bridgehead atoms. The second-order valence-corrected chi connectivity index (χ2v) is 7.54. The third kappa shape index (κ3) is 6.48. The van der Waals surface area contributed by atoms with E-state index in [4.69, 9.17) is 4.74 Å². The first-order valence-electron chi connectivity index (χ1n) is 8.48. The Bertz CT molecular complexity index is 740. The Labute approximate surface area is 157 Å². The molecule has 1 aromatic carbocycles. The molecule has 6 nitrogen and oxygen atoms in total. The van der Waals surface area contributed by atoms with Gasteiger partial charge in [-0.05, 0) is 31.4 Å². The zero-order valence-electron chi connectivity index (χ0n) is 15.2. The Balaban J connectivity index is 1.85. The zero-order valence-corrected chi connectivity index (χ0v) is 16.0. The molecule has 1 aromatic heterocycles. The van der Waals surface area contributed by atoms with E-state index in [-0.39, 0.29) is 18.2 Å². The van der Waals surface area contributed by atoms with E-state index in [1.165, 1.54) is 11.3 Å². The van der Waals surface area contributed by atoms with Gasteiger partial charge in [-0.15, -0.1) is 11.3 Å². The van der Waals surface area contributed by atoms with Crippen molar-refractivity contribution in [3.63, 3.8) is 0 Å². The summed E-state index contributed by atoms with van der Waals surface area (Å²) in [6.07, 6.45) is 0.455. The molecule has 2 aromatic rings. The lowest BCUT2D eigenvalue weighted by Gasteiger charge is -2.16. The van der Waals surface area contributed by atoms with E-state index in [1.54, 1.807) is 5.38 Å². The number of nitrogens with zero attached hydrogens (tertiary/aromatic N) is 1. The lowest BCUT2D eigenvalue weighted by Crippen LogP contribution is -2.42. The molecule has 0 fully saturated rings. The molecule has 0 saturated heterocycles. The third-order valence-electron chi connectivity index (χ3n) is 3.66. The van der Waals surface area contributed by atoms with Crippen molar-refractivity contribution in [2.75, 3.05) is 0 Å². The van der Waals surface area contributed by atoms with Crippen molar-refractivity contribution in [1.29, 1.82) is 0 Å². The van der Waals surface area contributed by atoms with Crippen molar-refractivity contribution in [1.82, 2.24) is 10.3 Å². The highest BCUT2D eigenvalue weighted by molar-refractivity contribution is 7.09. The van der Waals surface area contributed by atoms with Gasteiger partial charge in [0.15, 0.2) is 0 Å². The van der Waals surface area contributed by atoms with E-state index in [9.17, 15) is 14.7 Å². The largest absolute Gasteiger partial charge is 0.486 e. The molecule has 2 rings (SSSR count). The van der Waals surface area contributed by atoms with Gasteiger partial charge in [-0.3, -0.25) is 4.79 Å². The van der Waals surface area contributed by atoms with Gasteiger partial charge in [0.25, 0.3) is 0 Å². The molecule has 0 radical (unpaired) electrons. The van der Waals surface area contributed by atoms with Crippen molar-refractivity contribution < 1.29 is 19.4 Å². The fourth-order valence-electron chi connectivity index (χ4n) is 2.38. The summed E-state index contributed by atoms with van der Waals surface area (Å²) >= 11 is 1.42. The SMILES string of the molecule is Cc1ccc(OCc2nc(CC(=O)N[C@@H](CC(C)C)C(=O)O)cs2)cc1. The van der Waals surface area contributed by atoms with Gasteiger partial charge in [0.1, 0.15) is 23.4 Å². The van der Waals surface area contributed by atoms with Gasteiger partial charge in [-0.1, -0.05) is 31.5 Å². The van der Waals surface area contributed by atoms with Crippen LogP contribution in [0.15, 0.2) is 29.6 Å². The van der Waals surface area contributed by atoms with E-state index >= 15 is 0 Å². The average Bonchev–Trinajstić information content (AvgIpc) is 3.00. The number of carboxylic acids is 1. The molecule has 0 spiro atoms. The molecule has 1 amide bonds. The molecule has 0 saturated carbocycles. The van der Waals surface area contributed by atoms with Gasteiger partial charge in [-0.2, -0.15) is 0 Å². The highest BCUT2D eigenvalue weighted by atomic mass is 32.1. The fourth-order valence-corrected chi connectivity index (χ4v) is 3.08. The second kappa shape index (κ2) is 9.33. The lowest BCUT2D eigenvalue weighted by atomic mass is 10.0. The molecule has 140 valence electrons. The summed E-state index contributed by atoms with van der Waals surface area (Å²) in [4.78, 5) is 27.7. The van der Waals surface area contributed by atoms with Crippen molar-refractivity contribution in [2.24, 2.45) is 5.92 Å². The summed E-state index contributed by atoms with van der Waals surface area (Å²) in [7, 11) is 0. The minimum atomic E-state index is -1.02. The van der Waals surface area contributed by atoms with E-state index in [0.29, 0.717) is 18.7 Å². The van der Waals surface area contributed by atoms with Gasteiger partial charge >= 0.3 is 5.97 Å². The Hall–Kier alpha value is -2.41. The molecule has 7 heteroatoms. The maximum absolute atomic E-state index is 12.1. The summed E-state index contributed by atoms with van der Waals surface area (Å²) < 4.78 is 5.67. The monoisotopic (exact) mass is 376 g/mol. The van der Waals surface area contributed by atoms with Crippen molar-refractivity contribution in [3.05, 3.63) is 45.9 Å². The molecule has 0 aliphatic heterocycles. The van der Waals surface area contributed by atoms with Crippen LogP contribution < -0.4 is 10.1 Å². The highest BCUT2D eigenvalue weighted by Gasteiger charge is 2.21. The van der Waals surface area contributed by atoms with Crippen LogP contribution in [-0.4, -0.2) is 28.0 Å². The summed E-state index contributed by atoms with van der Waals surface area (Å²) in [6.45, 7) is 6.18. The topological polar surface area (TPSA) is 88.5 Å². The molecule has 0 aliphatic rings. The van der Waals surface area contributed by atoms with Crippen LogP contribution in [0.25, 0.3) is 0 Å². The third-order valence-corrected chi connectivity index (χ3v) is 4.54. The Morgan fingerprint density at radius 2 is 1.96 bits per heavy atom. The highest BCUT2D eigenvalue weighted by Crippen LogP contribution is 2.16. The minimum Gasteiger partial charge on any atom is -0.486 e. The van der Waals surface area contributed by atoms with E-state index in [2.05, 4.69) is 10.3 Å². The summed E-state index contributed by atoms with van der Waals surface area (Å²) in [5, 5.41) is 14.3. The summed E-state index contributed by atoms with van der Waals surface area (Å²) in [5.74, 6) is -0.406. The van der Waals surface area contributed by atoms with Gasteiger partial charge in [0.05, 0.1) is 12.1 Å². The quantitative estimate of drug-likeness (QED) is 0.702. The van der Waals surface area contributed by atoms with Gasteiger partial charge in [0, 0.05) is 5.38 Å². The Morgan fingerprint density at radius 1 is 1.27 bits per heavy atom. The van der Waals surface area contributed by atoms with Crippen molar-refractivity contribution in [3.8, 4) is 5.75 Å². The summed E-state index contributed by atoms with van der Waals surface area (Å²) in [5.41, 5.74) is 1.78. The Morgan fingerprint density at radius 3 is 2.58 bits per heavy atom. The predicted molar refractivity (Wildman–Crippen MR) is 100 cm³/mol. The van der Waals surface area contributed by atoms with Crippen LogP contribution in [0.4, 0.5) is 0 Å². The number of nitrogens with one attached hydrogen (secondary N) is 1. The van der Waals surface area contributed by atoms with Gasteiger partial charge in [-0.25, -0.2) is 9.78 Å². The molecule has 0 aliphatic carbocycles. The van der Waals surface area contributed by atoms with Crippen molar-refractivity contribution >= 4 is 23.2 Å². The molecule has 26 heavy (non-hydrogen) atoms. The van der Waals surface area contributed by atoms with Crippen LogP contribution in [0, 0.1) is 12.8 Å². The fraction of sp³-hybridized carbons (Fsp3) is 0.421.